The first-order valence-electron chi connectivity index (χ1n) is 8.09. The van der Waals surface area contributed by atoms with Crippen molar-refractivity contribution in [2.75, 3.05) is 6.54 Å². The van der Waals surface area contributed by atoms with E-state index < -0.39 is 5.69 Å². The summed E-state index contributed by atoms with van der Waals surface area (Å²) in [5.74, 6) is 0. The van der Waals surface area contributed by atoms with E-state index >= 15 is 0 Å². The monoisotopic (exact) mass is 340 g/mol. The largest absolute Gasteiger partial charge is 0.357 e. The molecule has 4 N–H and O–H groups in total. The van der Waals surface area contributed by atoms with Crippen molar-refractivity contribution in [3.05, 3.63) is 77.8 Å². The molecule has 0 saturated heterocycles. The summed E-state index contributed by atoms with van der Waals surface area (Å²) in [6.07, 6.45) is 1.90. The predicted molar refractivity (Wildman–Crippen MR) is 97.1 cm³/mol. The van der Waals surface area contributed by atoms with Crippen molar-refractivity contribution in [2.24, 2.45) is 0 Å². The van der Waals surface area contributed by atoms with Crippen LogP contribution in [-0.4, -0.2) is 21.5 Å². The highest BCUT2D eigenvalue weighted by molar-refractivity contribution is 5.82. The third-order valence-corrected chi connectivity index (χ3v) is 4.12. The van der Waals surface area contributed by atoms with Gasteiger partial charge in [-0.2, -0.15) is 0 Å². The van der Waals surface area contributed by atoms with E-state index in [0.29, 0.717) is 30.5 Å². The third-order valence-electron chi connectivity index (χ3n) is 4.12. The molecular formula is C18H20N4O3. The van der Waals surface area contributed by atoms with E-state index in [-0.39, 0.29) is 11.0 Å². The fourth-order valence-corrected chi connectivity index (χ4v) is 2.93. The fourth-order valence-electron chi connectivity index (χ4n) is 2.93. The van der Waals surface area contributed by atoms with Gasteiger partial charge in [-0.1, -0.05) is 6.07 Å². The van der Waals surface area contributed by atoms with Crippen LogP contribution in [0.1, 0.15) is 22.4 Å². The van der Waals surface area contributed by atoms with Gasteiger partial charge < -0.3 is 15.3 Å². The molecule has 0 aliphatic heterocycles. The number of aromatic nitrogens is 3. The van der Waals surface area contributed by atoms with Crippen LogP contribution in [0, 0.1) is 13.8 Å². The van der Waals surface area contributed by atoms with Gasteiger partial charge in [-0.05, 0) is 44.0 Å². The molecule has 130 valence electrons. The second-order valence-electron chi connectivity index (χ2n) is 6.19. The van der Waals surface area contributed by atoms with Crippen molar-refractivity contribution < 1.29 is 0 Å². The molecule has 0 bridgehead atoms. The Kier molecular flexibility index (Phi) is 4.67. The molecule has 7 heteroatoms. The second-order valence-corrected chi connectivity index (χ2v) is 6.19. The maximum atomic E-state index is 12.3. The Bertz CT molecular complexity index is 1090. The van der Waals surface area contributed by atoms with Gasteiger partial charge in [-0.15, -0.1) is 0 Å². The van der Waals surface area contributed by atoms with E-state index in [9.17, 15) is 14.4 Å². The van der Waals surface area contributed by atoms with Crippen LogP contribution in [0.25, 0.3) is 10.9 Å². The molecule has 2 aromatic heterocycles. The molecular weight excluding hydrogens is 320 g/mol. The lowest BCUT2D eigenvalue weighted by Crippen LogP contribution is -2.27. The molecule has 3 rings (SSSR count). The Hall–Kier alpha value is -2.93. The maximum absolute atomic E-state index is 12.3. The minimum absolute atomic E-state index is 0.00516. The van der Waals surface area contributed by atoms with E-state index in [4.69, 9.17) is 0 Å². The van der Waals surface area contributed by atoms with E-state index in [2.05, 4.69) is 20.3 Å². The highest BCUT2D eigenvalue weighted by Gasteiger charge is 2.06. The summed E-state index contributed by atoms with van der Waals surface area (Å²) in [6, 6.07) is 5.53. The lowest BCUT2D eigenvalue weighted by Gasteiger charge is -2.09. The molecule has 0 fully saturated rings. The first kappa shape index (κ1) is 16.9. The number of H-pyrrole nitrogens is 3. The number of nitrogens with one attached hydrogen (secondary N) is 4. The van der Waals surface area contributed by atoms with Crippen LogP contribution in [0.15, 0.2) is 38.8 Å². The molecule has 2 heterocycles. The number of pyridine rings is 1. The molecule has 0 atom stereocenters. The molecule has 0 unspecified atom stereocenters. The molecule has 0 amide bonds. The van der Waals surface area contributed by atoms with Gasteiger partial charge in [0.25, 0.3) is 5.56 Å². The highest BCUT2D eigenvalue weighted by Crippen LogP contribution is 2.16. The van der Waals surface area contributed by atoms with Gasteiger partial charge in [0.1, 0.15) is 0 Å². The molecule has 0 aliphatic carbocycles. The molecule has 3 aromatic rings. The summed E-state index contributed by atoms with van der Waals surface area (Å²) in [4.78, 5) is 42.8. The van der Waals surface area contributed by atoms with Crippen molar-refractivity contribution in [1.82, 2.24) is 20.3 Å². The maximum Gasteiger partial charge on any atom is 0.325 e. The number of hydrogen-bond donors (Lipinski definition) is 4. The number of rotatable bonds is 5. The minimum Gasteiger partial charge on any atom is -0.357 e. The average molecular weight is 340 g/mol. The zero-order valence-corrected chi connectivity index (χ0v) is 14.2. The summed E-state index contributed by atoms with van der Waals surface area (Å²) in [5.41, 5.74) is 3.35. The lowest BCUT2D eigenvalue weighted by atomic mass is 10.1. The number of aromatic amines is 3. The summed E-state index contributed by atoms with van der Waals surface area (Å²) in [6.45, 7) is 4.98. The van der Waals surface area contributed by atoms with E-state index in [1.807, 2.05) is 26.0 Å². The summed E-state index contributed by atoms with van der Waals surface area (Å²) in [7, 11) is 0. The molecule has 0 radical (unpaired) electrons. The topological polar surface area (TPSA) is 111 Å². The first-order valence-corrected chi connectivity index (χ1v) is 8.09. The van der Waals surface area contributed by atoms with Gasteiger partial charge in [0, 0.05) is 35.5 Å². The summed E-state index contributed by atoms with van der Waals surface area (Å²) in [5, 5.41) is 3.90. The van der Waals surface area contributed by atoms with Gasteiger partial charge in [0.05, 0.1) is 5.52 Å². The predicted octanol–water partition coefficient (Wildman–Crippen LogP) is 0.854. The van der Waals surface area contributed by atoms with Crippen LogP contribution >= 0.6 is 0 Å². The first-order chi connectivity index (χ1) is 11.9. The van der Waals surface area contributed by atoms with Crippen molar-refractivity contribution in [2.45, 2.75) is 26.8 Å². The molecule has 0 aliphatic rings. The molecule has 0 saturated carbocycles. The van der Waals surface area contributed by atoms with Crippen molar-refractivity contribution >= 4 is 10.9 Å². The Labute approximate surface area is 143 Å². The van der Waals surface area contributed by atoms with E-state index in [1.165, 1.54) is 6.20 Å². The van der Waals surface area contributed by atoms with Crippen LogP contribution in [-0.2, 0) is 13.0 Å². The van der Waals surface area contributed by atoms with Crippen molar-refractivity contribution in [1.29, 1.82) is 0 Å². The molecule has 0 spiro atoms. The van der Waals surface area contributed by atoms with Crippen LogP contribution in [0.3, 0.4) is 0 Å². The van der Waals surface area contributed by atoms with Crippen LogP contribution in [0.4, 0.5) is 0 Å². The van der Waals surface area contributed by atoms with Crippen LogP contribution in [0.2, 0.25) is 0 Å². The number of fused-ring (bicyclic) bond motifs is 1. The fraction of sp³-hybridized carbons (Fsp3) is 0.278. The number of aryl methyl sites for hydroxylation is 2. The van der Waals surface area contributed by atoms with Gasteiger partial charge in [0.15, 0.2) is 5.43 Å². The zero-order chi connectivity index (χ0) is 18.0. The summed E-state index contributed by atoms with van der Waals surface area (Å²) >= 11 is 0. The Morgan fingerprint density at radius 1 is 1.04 bits per heavy atom. The van der Waals surface area contributed by atoms with E-state index in [0.717, 1.165) is 22.3 Å². The van der Waals surface area contributed by atoms with Gasteiger partial charge in [0.2, 0.25) is 0 Å². The van der Waals surface area contributed by atoms with E-state index in [1.54, 1.807) is 6.07 Å². The Balaban J connectivity index is 1.70. The van der Waals surface area contributed by atoms with Gasteiger partial charge in [-0.25, -0.2) is 4.79 Å². The van der Waals surface area contributed by atoms with Gasteiger partial charge in [-0.3, -0.25) is 14.6 Å². The summed E-state index contributed by atoms with van der Waals surface area (Å²) < 4.78 is 0. The smallest absolute Gasteiger partial charge is 0.325 e. The highest BCUT2D eigenvalue weighted by atomic mass is 16.2. The Morgan fingerprint density at radius 2 is 1.84 bits per heavy atom. The molecule has 25 heavy (non-hydrogen) atoms. The SMILES string of the molecule is Cc1cc(C)c2[nH]c(CNCCc3c[nH]c(=O)[nH]c3=O)cc(=O)c2c1. The van der Waals surface area contributed by atoms with Gasteiger partial charge >= 0.3 is 5.69 Å². The van der Waals surface area contributed by atoms with Crippen LogP contribution < -0.4 is 22.0 Å². The zero-order valence-electron chi connectivity index (χ0n) is 14.2. The normalized spacial score (nSPS) is 11.1. The lowest BCUT2D eigenvalue weighted by molar-refractivity contribution is 0.671. The van der Waals surface area contributed by atoms with Crippen molar-refractivity contribution in [3.8, 4) is 0 Å². The average Bonchev–Trinajstić information content (AvgIpc) is 2.54. The minimum atomic E-state index is -0.513. The number of hydrogen-bond acceptors (Lipinski definition) is 4. The van der Waals surface area contributed by atoms with Crippen molar-refractivity contribution in [3.63, 3.8) is 0 Å². The third kappa shape index (κ3) is 3.77. The quantitative estimate of drug-likeness (QED) is 0.516. The van der Waals surface area contributed by atoms with Crippen LogP contribution in [0.5, 0.6) is 0 Å². The second kappa shape index (κ2) is 6.90. The molecule has 7 nitrogen and oxygen atoms in total. The Morgan fingerprint density at radius 3 is 2.60 bits per heavy atom. The standard InChI is InChI=1S/C18H20N4O3/c1-10-5-11(2)16-14(6-10)15(23)7-13(21-16)9-19-4-3-12-8-20-18(25)22-17(12)24/h5-8,19H,3-4,9H2,1-2H3,(H,21,23)(H2,20,22,24,25). The number of benzene rings is 1. The molecule has 1 aromatic carbocycles.